The number of carbonyl (C=O) groups excluding carboxylic acids is 1. The molecule has 0 unspecified atom stereocenters. The van der Waals surface area contributed by atoms with Gasteiger partial charge >= 0.3 is 0 Å². The molecule has 1 fully saturated rings. The summed E-state index contributed by atoms with van der Waals surface area (Å²) in [4.78, 5) is 12.2. The van der Waals surface area contributed by atoms with Gasteiger partial charge in [-0.3, -0.25) is 4.79 Å². The van der Waals surface area contributed by atoms with Gasteiger partial charge < -0.3 is 9.88 Å². The van der Waals surface area contributed by atoms with E-state index < -0.39 is 0 Å². The molecule has 4 heteroatoms. The van der Waals surface area contributed by atoms with Crippen LogP contribution in [0.4, 0.5) is 0 Å². The molecule has 2 aromatic rings. The van der Waals surface area contributed by atoms with Crippen molar-refractivity contribution in [1.82, 2.24) is 9.88 Å². The number of halogens is 1. The third-order valence-electron chi connectivity index (χ3n) is 4.30. The summed E-state index contributed by atoms with van der Waals surface area (Å²) in [7, 11) is 0. The molecule has 0 aliphatic heterocycles. The maximum atomic E-state index is 12.2. The molecule has 0 spiro atoms. The number of nitrogens with zero attached hydrogens (tertiary/aromatic N) is 1. The molecule has 1 amide bonds. The number of rotatable bonds is 5. The van der Waals surface area contributed by atoms with Crippen LogP contribution in [0.15, 0.2) is 34.8 Å². The van der Waals surface area contributed by atoms with E-state index in [-0.39, 0.29) is 5.91 Å². The van der Waals surface area contributed by atoms with Gasteiger partial charge in [-0.15, -0.1) is 0 Å². The second-order valence-corrected chi connectivity index (χ2v) is 6.84. The third-order valence-corrected chi connectivity index (χ3v) is 4.99. The number of hydrogen-bond donors (Lipinski definition) is 1. The normalized spacial score (nSPS) is 14.1. The molecule has 1 aromatic heterocycles. The Bertz CT molecular complexity index is 701. The maximum Gasteiger partial charge on any atom is 0.252 e. The summed E-state index contributed by atoms with van der Waals surface area (Å²) in [6.45, 7) is 5.03. The Morgan fingerprint density at radius 1 is 1.32 bits per heavy atom. The van der Waals surface area contributed by atoms with Crippen molar-refractivity contribution in [3.8, 4) is 0 Å². The zero-order chi connectivity index (χ0) is 15.7. The van der Waals surface area contributed by atoms with E-state index in [2.05, 4.69) is 45.7 Å². The van der Waals surface area contributed by atoms with Crippen LogP contribution in [0.2, 0.25) is 0 Å². The summed E-state index contributed by atoms with van der Waals surface area (Å²) in [5.74, 6) is -0.0246. The lowest BCUT2D eigenvalue weighted by Gasteiger charge is -2.09. The van der Waals surface area contributed by atoms with Crippen molar-refractivity contribution in [2.24, 2.45) is 0 Å². The highest BCUT2D eigenvalue weighted by molar-refractivity contribution is 9.10. The van der Waals surface area contributed by atoms with Crippen LogP contribution >= 0.6 is 15.9 Å². The zero-order valence-corrected chi connectivity index (χ0v) is 14.6. The summed E-state index contributed by atoms with van der Waals surface area (Å²) >= 11 is 3.42. The number of amides is 1. The maximum absolute atomic E-state index is 12.2. The van der Waals surface area contributed by atoms with E-state index in [1.54, 1.807) is 0 Å². The molecule has 1 aromatic carbocycles. The molecule has 3 rings (SSSR count). The van der Waals surface area contributed by atoms with Gasteiger partial charge in [-0.25, -0.2) is 0 Å². The van der Waals surface area contributed by atoms with Gasteiger partial charge in [0.2, 0.25) is 0 Å². The summed E-state index contributed by atoms with van der Waals surface area (Å²) in [6, 6.07) is 10.5. The summed E-state index contributed by atoms with van der Waals surface area (Å²) in [5.41, 5.74) is 4.73. The fourth-order valence-electron chi connectivity index (χ4n) is 3.04. The number of aryl methyl sites for hydroxylation is 1. The minimum Gasteiger partial charge on any atom is -0.352 e. The molecular formula is C18H21BrN2O. The van der Waals surface area contributed by atoms with Crippen LogP contribution in [0.5, 0.6) is 0 Å². The second-order valence-electron chi connectivity index (χ2n) is 5.98. The number of nitrogens with one attached hydrogen (secondary N) is 1. The van der Waals surface area contributed by atoms with Gasteiger partial charge in [0.25, 0.3) is 5.91 Å². The number of carbonyl (C=O) groups is 1. The Balaban J connectivity index is 1.61. The lowest BCUT2D eigenvalue weighted by atomic mass is 10.1. The van der Waals surface area contributed by atoms with Crippen molar-refractivity contribution in [3.05, 3.63) is 57.3 Å². The highest BCUT2D eigenvalue weighted by Gasteiger charge is 2.26. The van der Waals surface area contributed by atoms with Gasteiger partial charge in [-0.2, -0.15) is 0 Å². The van der Waals surface area contributed by atoms with E-state index in [1.165, 1.54) is 29.8 Å². The number of benzene rings is 1. The minimum absolute atomic E-state index is 0.0246. The van der Waals surface area contributed by atoms with E-state index in [9.17, 15) is 4.79 Å². The van der Waals surface area contributed by atoms with Crippen molar-refractivity contribution in [1.29, 1.82) is 0 Å². The largest absolute Gasteiger partial charge is 0.352 e. The predicted molar refractivity (Wildman–Crippen MR) is 92.4 cm³/mol. The molecule has 0 bridgehead atoms. The summed E-state index contributed by atoms with van der Waals surface area (Å²) < 4.78 is 3.28. The van der Waals surface area contributed by atoms with Crippen molar-refractivity contribution >= 4 is 21.8 Å². The van der Waals surface area contributed by atoms with Crippen molar-refractivity contribution in [2.45, 2.75) is 39.2 Å². The Labute approximate surface area is 139 Å². The Hall–Kier alpha value is -1.55. The van der Waals surface area contributed by atoms with Crippen LogP contribution in [0.1, 0.15) is 46.2 Å². The van der Waals surface area contributed by atoms with E-state index in [4.69, 9.17) is 0 Å². The average molecular weight is 361 g/mol. The van der Waals surface area contributed by atoms with Crippen molar-refractivity contribution in [3.63, 3.8) is 0 Å². The quantitative estimate of drug-likeness (QED) is 0.852. The SMILES string of the molecule is Cc1cc(CCNC(=O)c2ccccc2Br)c(C)n1C1CC1. The minimum atomic E-state index is -0.0246. The molecule has 0 atom stereocenters. The highest BCUT2D eigenvalue weighted by Crippen LogP contribution is 2.38. The van der Waals surface area contributed by atoms with E-state index >= 15 is 0 Å². The standard InChI is InChI=1S/C18H21BrN2O/c1-12-11-14(13(2)21(12)15-7-8-15)9-10-20-18(22)16-5-3-4-6-17(16)19/h3-6,11,15H,7-10H2,1-2H3,(H,20,22). The molecule has 0 radical (unpaired) electrons. The number of aromatic nitrogens is 1. The third kappa shape index (κ3) is 3.12. The first-order chi connectivity index (χ1) is 10.6. The molecule has 3 nitrogen and oxygen atoms in total. The molecule has 1 heterocycles. The van der Waals surface area contributed by atoms with Gasteiger partial charge in [-0.1, -0.05) is 12.1 Å². The average Bonchev–Trinajstić information content (AvgIpc) is 3.27. The van der Waals surface area contributed by atoms with Gasteiger partial charge in [-0.05, 0) is 72.8 Å². The molecule has 116 valence electrons. The van der Waals surface area contributed by atoms with Crippen LogP contribution in [0, 0.1) is 13.8 Å². The number of hydrogen-bond acceptors (Lipinski definition) is 1. The smallest absolute Gasteiger partial charge is 0.252 e. The van der Waals surface area contributed by atoms with Gasteiger partial charge in [0.05, 0.1) is 5.56 Å². The molecular weight excluding hydrogens is 340 g/mol. The molecule has 1 aliphatic carbocycles. The zero-order valence-electron chi connectivity index (χ0n) is 13.0. The van der Waals surface area contributed by atoms with Crippen molar-refractivity contribution in [2.75, 3.05) is 6.54 Å². The Morgan fingerprint density at radius 2 is 2.05 bits per heavy atom. The molecule has 1 aliphatic rings. The van der Waals surface area contributed by atoms with Crippen LogP contribution in [-0.4, -0.2) is 17.0 Å². The van der Waals surface area contributed by atoms with Crippen LogP contribution < -0.4 is 5.32 Å². The van der Waals surface area contributed by atoms with Crippen LogP contribution in [-0.2, 0) is 6.42 Å². The van der Waals surface area contributed by atoms with Crippen molar-refractivity contribution < 1.29 is 4.79 Å². The van der Waals surface area contributed by atoms with Crippen LogP contribution in [0.3, 0.4) is 0 Å². The summed E-state index contributed by atoms with van der Waals surface area (Å²) in [6.07, 6.45) is 3.48. The van der Waals surface area contributed by atoms with Gasteiger partial charge in [0, 0.05) is 28.4 Å². The topological polar surface area (TPSA) is 34.0 Å². The highest BCUT2D eigenvalue weighted by atomic mass is 79.9. The first-order valence-corrected chi connectivity index (χ1v) is 8.57. The van der Waals surface area contributed by atoms with Gasteiger partial charge in [0.15, 0.2) is 0 Å². The monoisotopic (exact) mass is 360 g/mol. The molecule has 1 N–H and O–H groups in total. The second kappa shape index (κ2) is 6.29. The van der Waals surface area contributed by atoms with E-state index in [1.807, 2.05) is 24.3 Å². The van der Waals surface area contributed by atoms with E-state index in [0.717, 1.165) is 10.9 Å². The first kappa shape index (κ1) is 15.3. The molecule has 0 saturated heterocycles. The van der Waals surface area contributed by atoms with E-state index in [0.29, 0.717) is 18.2 Å². The van der Waals surface area contributed by atoms with Crippen LogP contribution in [0.25, 0.3) is 0 Å². The molecule has 22 heavy (non-hydrogen) atoms. The lowest BCUT2D eigenvalue weighted by molar-refractivity contribution is 0.0953. The summed E-state index contributed by atoms with van der Waals surface area (Å²) in [5, 5.41) is 3.01. The Kier molecular flexibility index (Phi) is 4.39. The Morgan fingerprint density at radius 3 is 2.73 bits per heavy atom. The molecule has 1 saturated carbocycles. The van der Waals surface area contributed by atoms with Gasteiger partial charge in [0.1, 0.15) is 0 Å². The first-order valence-electron chi connectivity index (χ1n) is 7.78. The lowest BCUT2D eigenvalue weighted by Crippen LogP contribution is -2.26. The fraction of sp³-hybridized carbons (Fsp3) is 0.389. The predicted octanol–water partition coefficient (Wildman–Crippen LogP) is 4.17. The fourth-order valence-corrected chi connectivity index (χ4v) is 3.51.